The molecule has 3 heterocycles. The molecule has 0 fully saturated rings. The third-order valence-electron chi connectivity index (χ3n) is 4.34. The summed E-state index contributed by atoms with van der Waals surface area (Å²) in [5.74, 6) is 0. The van der Waals surface area contributed by atoms with Gasteiger partial charge in [-0.25, -0.2) is 4.98 Å². The van der Waals surface area contributed by atoms with E-state index in [0.29, 0.717) is 0 Å². The van der Waals surface area contributed by atoms with Gasteiger partial charge in [0, 0.05) is 34.6 Å². The largest absolute Gasteiger partial charge is 0.361 e. The van der Waals surface area contributed by atoms with Gasteiger partial charge in [-0.15, -0.1) is 0 Å². The molecule has 0 radical (unpaired) electrons. The Morgan fingerprint density at radius 3 is 2.44 bits per heavy atom. The van der Waals surface area contributed by atoms with Crippen molar-refractivity contribution in [2.24, 2.45) is 0 Å². The van der Waals surface area contributed by atoms with Gasteiger partial charge >= 0.3 is 0 Å². The Morgan fingerprint density at radius 2 is 1.56 bits per heavy atom. The topological polar surface area (TPSA) is 54.5 Å². The highest BCUT2D eigenvalue weighted by molar-refractivity contribution is 5.87. The molecular weight excluding hydrogens is 308 g/mol. The highest BCUT2D eigenvalue weighted by Crippen LogP contribution is 2.26. The van der Waals surface area contributed by atoms with Crippen molar-refractivity contribution >= 4 is 21.9 Å². The van der Waals surface area contributed by atoms with Crippen LogP contribution in [0.4, 0.5) is 0 Å². The normalized spacial score (nSPS) is 11.2. The van der Waals surface area contributed by atoms with Crippen LogP contribution in [0.25, 0.3) is 44.5 Å². The van der Waals surface area contributed by atoms with Gasteiger partial charge < -0.3 is 4.98 Å². The second kappa shape index (κ2) is 5.53. The molecule has 5 aromatic rings. The molecule has 118 valence electrons. The Bertz CT molecular complexity index is 1190. The van der Waals surface area contributed by atoms with Crippen LogP contribution in [0, 0.1) is 0 Å². The first-order valence-corrected chi connectivity index (χ1v) is 8.12. The van der Waals surface area contributed by atoms with Crippen LogP contribution >= 0.6 is 0 Å². The number of pyridine rings is 1. The van der Waals surface area contributed by atoms with Crippen molar-refractivity contribution in [2.45, 2.75) is 0 Å². The summed E-state index contributed by atoms with van der Waals surface area (Å²) in [4.78, 5) is 17.0. The summed E-state index contributed by atoms with van der Waals surface area (Å²) in [6, 6.07) is 20.3. The summed E-state index contributed by atoms with van der Waals surface area (Å²) < 4.78 is 0. The van der Waals surface area contributed by atoms with Crippen LogP contribution in [-0.4, -0.2) is 19.9 Å². The molecule has 4 nitrogen and oxygen atoms in total. The molecule has 0 saturated heterocycles. The number of H-pyrrole nitrogens is 1. The molecule has 0 bridgehead atoms. The number of rotatable bonds is 2. The zero-order valence-electron chi connectivity index (χ0n) is 13.3. The lowest BCUT2D eigenvalue weighted by atomic mass is 10.1. The zero-order chi connectivity index (χ0) is 16.6. The monoisotopic (exact) mass is 322 g/mol. The quantitative estimate of drug-likeness (QED) is 0.506. The molecule has 2 aromatic carbocycles. The van der Waals surface area contributed by atoms with Crippen molar-refractivity contribution in [3.8, 4) is 22.5 Å². The minimum atomic E-state index is 0.857. The maximum Gasteiger partial charge on any atom is 0.0894 e. The van der Waals surface area contributed by atoms with Crippen LogP contribution in [-0.2, 0) is 0 Å². The van der Waals surface area contributed by atoms with Gasteiger partial charge in [0.25, 0.3) is 0 Å². The van der Waals surface area contributed by atoms with E-state index >= 15 is 0 Å². The fraction of sp³-hybridized carbons (Fsp3) is 0. The standard InChI is InChI=1S/C21H14N4/c1-2-5-19-18(4-1)24-13-21(25-19)15-8-7-14-10-16(12-23-20(14)11-15)17-6-3-9-22-17/h1-13,22H. The lowest BCUT2D eigenvalue weighted by Crippen LogP contribution is -1.89. The van der Waals surface area contributed by atoms with Crippen LogP contribution in [0.15, 0.2) is 79.3 Å². The first-order valence-electron chi connectivity index (χ1n) is 8.12. The van der Waals surface area contributed by atoms with Crippen LogP contribution in [0.1, 0.15) is 0 Å². The van der Waals surface area contributed by atoms with E-state index in [1.54, 1.807) is 0 Å². The smallest absolute Gasteiger partial charge is 0.0894 e. The molecule has 0 saturated carbocycles. The molecule has 0 spiro atoms. The Morgan fingerprint density at radius 1 is 0.680 bits per heavy atom. The van der Waals surface area contributed by atoms with Gasteiger partial charge in [-0.1, -0.05) is 24.3 Å². The molecule has 3 aromatic heterocycles. The summed E-state index contributed by atoms with van der Waals surface area (Å²) in [5, 5.41) is 1.10. The van der Waals surface area contributed by atoms with Gasteiger partial charge in [-0.2, -0.15) is 0 Å². The van der Waals surface area contributed by atoms with E-state index in [1.807, 2.05) is 55.0 Å². The average Bonchev–Trinajstić information content (AvgIpc) is 3.21. The minimum absolute atomic E-state index is 0.857. The van der Waals surface area contributed by atoms with Crippen LogP contribution in [0.3, 0.4) is 0 Å². The van der Waals surface area contributed by atoms with Gasteiger partial charge in [-0.3, -0.25) is 9.97 Å². The van der Waals surface area contributed by atoms with E-state index in [9.17, 15) is 0 Å². The van der Waals surface area contributed by atoms with Gasteiger partial charge in [-0.05, 0) is 36.4 Å². The highest BCUT2D eigenvalue weighted by Gasteiger charge is 2.06. The van der Waals surface area contributed by atoms with E-state index in [4.69, 9.17) is 4.98 Å². The average molecular weight is 322 g/mol. The molecule has 0 aliphatic rings. The lowest BCUT2D eigenvalue weighted by molar-refractivity contribution is 1.29. The number of hydrogen-bond acceptors (Lipinski definition) is 3. The summed E-state index contributed by atoms with van der Waals surface area (Å²) >= 11 is 0. The van der Waals surface area contributed by atoms with Crippen molar-refractivity contribution in [3.05, 3.63) is 79.3 Å². The number of aromatic amines is 1. The minimum Gasteiger partial charge on any atom is -0.361 e. The number of hydrogen-bond donors (Lipinski definition) is 1. The summed E-state index contributed by atoms with van der Waals surface area (Å²) in [6.45, 7) is 0. The van der Waals surface area contributed by atoms with E-state index < -0.39 is 0 Å². The lowest BCUT2D eigenvalue weighted by Gasteiger charge is -2.06. The molecule has 4 heteroatoms. The molecule has 0 atom stereocenters. The molecule has 1 N–H and O–H groups in total. The van der Waals surface area contributed by atoms with Gasteiger partial charge in [0.2, 0.25) is 0 Å². The van der Waals surface area contributed by atoms with E-state index in [0.717, 1.165) is 44.5 Å². The predicted octanol–water partition coefficient (Wildman–Crippen LogP) is 4.84. The first-order chi connectivity index (χ1) is 12.4. The summed E-state index contributed by atoms with van der Waals surface area (Å²) in [7, 11) is 0. The number of nitrogens with zero attached hydrogens (tertiary/aromatic N) is 3. The summed E-state index contributed by atoms with van der Waals surface area (Å²) in [5.41, 5.74) is 6.77. The Kier molecular flexibility index (Phi) is 3.07. The van der Waals surface area contributed by atoms with E-state index in [-0.39, 0.29) is 0 Å². The van der Waals surface area contributed by atoms with Crippen LogP contribution in [0.5, 0.6) is 0 Å². The van der Waals surface area contributed by atoms with Crippen LogP contribution in [0.2, 0.25) is 0 Å². The van der Waals surface area contributed by atoms with E-state index in [2.05, 4.69) is 39.2 Å². The Hall–Kier alpha value is -3.53. The fourth-order valence-corrected chi connectivity index (χ4v) is 3.03. The molecule has 5 rings (SSSR count). The molecule has 0 unspecified atom stereocenters. The zero-order valence-corrected chi connectivity index (χ0v) is 13.3. The van der Waals surface area contributed by atoms with Crippen molar-refractivity contribution in [1.82, 2.24) is 19.9 Å². The van der Waals surface area contributed by atoms with E-state index in [1.165, 1.54) is 0 Å². The molecule has 25 heavy (non-hydrogen) atoms. The van der Waals surface area contributed by atoms with Gasteiger partial charge in [0.15, 0.2) is 0 Å². The van der Waals surface area contributed by atoms with Gasteiger partial charge in [0.05, 0.1) is 28.4 Å². The second-order valence-corrected chi connectivity index (χ2v) is 5.96. The third-order valence-corrected chi connectivity index (χ3v) is 4.34. The molecular formula is C21H14N4. The van der Waals surface area contributed by atoms with Gasteiger partial charge in [0.1, 0.15) is 0 Å². The maximum absolute atomic E-state index is 4.72. The van der Waals surface area contributed by atoms with Crippen molar-refractivity contribution in [2.75, 3.05) is 0 Å². The number of para-hydroxylation sites is 2. The maximum atomic E-state index is 4.72. The Balaban J connectivity index is 1.60. The number of aromatic nitrogens is 4. The predicted molar refractivity (Wildman–Crippen MR) is 100 cm³/mol. The molecule has 0 aliphatic carbocycles. The number of fused-ring (bicyclic) bond motifs is 2. The number of nitrogens with one attached hydrogen (secondary N) is 1. The first kappa shape index (κ1) is 13.9. The molecule has 0 amide bonds. The SMILES string of the molecule is c1c[nH]c(-c2cnc3cc(-c4cnc5ccccc5n4)ccc3c2)c1. The fourth-order valence-electron chi connectivity index (χ4n) is 3.03. The van der Waals surface area contributed by atoms with Crippen LogP contribution < -0.4 is 0 Å². The third kappa shape index (κ3) is 2.44. The summed E-state index contributed by atoms with van der Waals surface area (Å²) in [6.07, 6.45) is 5.63. The van der Waals surface area contributed by atoms with Crippen molar-refractivity contribution in [3.63, 3.8) is 0 Å². The highest BCUT2D eigenvalue weighted by atomic mass is 14.8. The van der Waals surface area contributed by atoms with Crippen molar-refractivity contribution < 1.29 is 0 Å². The second-order valence-electron chi connectivity index (χ2n) is 5.96. The van der Waals surface area contributed by atoms with Crippen molar-refractivity contribution in [1.29, 1.82) is 0 Å². The Labute approximate surface area is 144 Å². The molecule has 0 aliphatic heterocycles. The number of benzene rings is 2.